The zero-order valence-corrected chi connectivity index (χ0v) is 11.1. The maximum Gasteiger partial charge on any atom is 0.313 e. The van der Waals surface area contributed by atoms with Crippen LogP contribution in [0, 0.1) is 36.3 Å². The molecule has 0 aliphatic rings. The fraction of sp³-hybridized carbons (Fsp3) is 0.200. The molecule has 1 aromatic rings. The quantitative estimate of drug-likeness (QED) is 0.491. The van der Waals surface area contributed by atoms with E-state index in [9.17, 15) is 10.1 Å². The van der Waals surface area contributed by atoms with Crippen molar-refractivity contribution < 1.29 is 9.66 Å². The average molecular weight is 358 g/mol. The lowest BCUT2D eigenvalue weighted by Gasteiger charge is -2.09. The lowest BCUT2D eigenvalue weighted by Crippen LogP contribution is -2.26. The molecule has 0 bridgehead atoms. The van der Waals surface area contributed by atoms with Crippen LogP contribution in [-0.4, -0.2) is 17.6 Å². The fourth-order valence-electron chi connectivity index (χ4n) is 1.13. The van der Waals surface area contributed by atoms with Gasteiger partial charge in [0.1, 0.15) is 12.6 Å². The molecule has 0 fully saturated rings. The van der Waals surface area contributed by atoms with Gasteiger partial charge in [-0.25, -0.2) is 0 Å². The number of rotatable bonds is 4. The standard InChI is InChI=1S/C10H7IN4O3/c11-8-1-6(3-12)2-9(15(16)17)10(8)18-5-7(14)4-13/h1-2,7H,5,14H2. The third-order valence-corrected chi connectivity index (χ3v) is 2.72. The fourth-order valence-corrected chi connectivity index (χ4v) is 1.90. The molecule has 18 heavy (non-hydrogen) atoms. The van der Waals surface area contributed by atoms with Gasteiger partial charge in [0.05, 0.1) is 26.2 Å². The Bertz CT molecular complexity index is 561. The van der Waals surface area contributed by atoms with E-state index in [0.29, 0.717) is 3.57 Å². The molecule has 0 radical (unpaired) electrons. The number of nitriles is 2. The molecular weight excluding hydrogens is 351 g/mol. The maximum absolute atomic E-state index is 10.9. The van der Waals surface area contributed by atoms with E-state index in [1.807, 2.05) is 28.7 Å². The molecule has 92 valence electrons. The number of ether oxygens (including phenoxy) is 1. The smallest absolute Gasteiger partial charge is 0.313 e. The molecule has 0 aromatic heterocycles. The van der Waals surface area contributed by atoms with Crippen LogP contribution in [0.3, 0.4) is 0 Å². The summed E-state index contributed by atoms with van der Waals surface area (Å²) in [4.78, 5) is 10.2. The molecule has 8 heteroatoms. The van der Waals surface area contributed by atoms with Gasteiger partial charge < -0.3 is 10.5 Å². The molecule has 1 rings (SSSR count). The van der Waals surface area contributed by atoms with E-state index in [1.54, 1.807) is 6.07 Å². The maximum atomic E-state index is 10.9. The van der Waals surface area contributed by atoms with Crippen LogP contribution >= 0.6 is 22.6 Å². The summed E-state index contributed by atoms with van der Waals surface area (Å²) in [6.45, 7) is -0.154. The summed E-state index contributed by atoms with van der Waals surface area (Å²) in [6.07, 6.45) is 0. The van der Waals surface area contributed by atoms with Crippen LogP contribution in [-0.2, 0) is 0 Å². The molecule has 0 spiro atoms. The number of nitrogens with zero attached hydrogens (tertiary/aromatic N) is 3. The summed E-state index contributed by atoms with van der Waals surface area (Å²) >= 11 is 1.82. The Morgan fingerprint density at radius 3 is 2.72 bits per heavy atom. The van der Waals surface area contributed by atoms with Crippen molar-refractivity contribution in [2.45, 2.75) is 6.04 Å². The van der Waals surface area contributed by atoms with Crippen molar-refractivity contribution in [3.8, 4) is 17.9 Å². The number of benzene rings is 1. The molecule has 0 amide bonds. The van der Waals surface area contributed by atoms with Crippen molar-refractivity contribution in [2.75, 3.05) is 6.61 Å². The Labute approximate surface area is 116 Å². The highest BCUT2D eigenvalue weighted by molar-refractivity contribution is 14.1. The van der Waals surface area contributed by atoms with E-state index in [0.717, 1.165) is 6.07 Å². The number of halogens is 1. The molecule has 0 saturated carbocycles. The monoisotopic (exact) mass is 358 g/mol. The van der Waals surface area contributed by atoms with E-state index in [1.165, 1.54) is 6.07 Å². The van der Waals surface area contributed by atoms with Gasteiger partial charge in [-0.3, -0.25) is 10.1 Å². The van der Waals surface area contributed by atoms with Crippen molar-refractivity contribution in [1.29, 1.82) is 10.5 Å². The van der Waals surface area contributed by atoms with Crippen molar-refractivity contribution in [2.24, 2.45) is 5.73 Å². The predicted octanol–water partition coefficient (Wildman–Crippen LogP) is 1.30. The topological polar surface area (TPSA) is 126 Å². The zero-order valence-electron chi connectivity index (χ0n) is 8.96. The molecule has 0 aliphatic heterocycles. The first kappa shape index (κ1) is 14.2. The first-order valence-corrected chi connectivity index (χ1v) is 5.73. The van der Waals surface area contributed by atoms with Gasteiger partial charge in [0.2, 0.25) is 5.75 Å². The first-order valence-electron chi connectivity index (χ1n) is 4.65. The van der Waals surface area contributed by atoms with E-state index in [4.69, 9.17) is 21.0 Å². The van der Waals surface area contributed by atoms with Crippen LogP contribution in [0.25, 0.3) is 0 Å². The Balaban J connectivity index is 3.14. The molecule has 1 unspecified atom stereocenters. The van der Waals surface area contributed by atoms with Crippen LogP contribution in [0.4, 0.5) is 5.69 Å². The molecule has 0 aliphatic carbocycles. The molecular formula is C10H7IN4O3. The second-order valence-corrected chi connectivity index (χ2v) is 4.38. The highest BCUT2D eigenvalue weighted by atomic mass is 127. The van der Waals surface area contributed by atoms with Gasteiger partial charge in [0.15, 0.2) is 0 Å². The number of nitrogens with two attached hydrogens (primary N) is 1. The molecule has 1 aromatic carbocycles. The van der Waals surface area contributed by atoms with Crippen LogP contribution in [0.1, 0.15) is 5.56 Å². The molecule has 2 N–H and O–H groups in total. The van der Waals surface area contributed by atoms with Gasteiger partial charge in [0.25, 0.3) is 0 Å². The highest BCUT2D eigenvalue weighted by Gasteiger charge is 2.21. The minimum Gasteiger partial charge on any atom is -0.483 e. The molecule has 0 saturated heterocycles. The van der Waals surface area contributed by atoms with Crippen molar-refractivity contribution in [3.05, 3.63) is 31.4 Å². The number of hydrogen-bond acceptors (Lipinski definition) is 6. The minimum atomic E-state index is -0.865. The van der Waals surface area contributed by atoms with Crippen molar-refractivity contribution in [1.82, 2.24) is 0 Å². The minimum absolute atomic E-state index is 0.0188. The number of hydrogen-bond donors (Lipinski definition) is 1. The van der Waals surface area contributed by atoms with Crippen LogP contribution in [0.5, 0.6) is 5.75 Å². The molecule has 1 atom stereocenters. The third-order valence-electron chi connectivity index (χ3n) is 1.92. The van der Waals surface area contributed by atoms with Gasteiger partial charge in [-0.2, -0.15) is 10.5 Å². The summed E-state index contributed by atoms with van der Waals surface area (Å²) in [5, 5.41) is 28.1. The van der Waals surface area contributed by atoms with E-state index < -0.39 is 11.0 Å². The van der Waals surface area contributed by atoms with Crippen molar-refractivity contribution in [3.63, 3.8) is 0 Å². The normalized spacial score (nSPS) is 11.1. The van der Waals surface area contributed by atoms with E-state index in [-0.39, 0.29) is 23.6 Å². The second kappa shape index (κ2) is 6.14. The number of nitro groups is 1. The molecule has 7 nitrogen and oxygen atoms in total. The van der Waals surface area contributed by atoms with Gasteiger partial charge >= 0.3 is 5.69 Å². The lowest BCUT2D eigenvalue weighted by molar-refractivity contribution is -0.386. The summed E-state index contributed by atoms with van der Waals surface area (Å²) in [5.74, 6) is 0.0188. The van der Waals surface area contributed by atoms with Gasteiger partial charge in [0, 0.05) is 6.07 Å². The zero-order chi connectivity index (χ0) is 13.7. The van der Waals surface area contributed by atoms with Crippen LogP contribution in [0.15, 0.2) is 12.1 Å². The summed E-state index contributed by atoms with van der Waals surface area (Å²) < 4.78 is 5.60. The Hall–Kier alpha value is -1.91. The van der Waals surface area contributed by atoms with Crippen molar-refractivity contribution >= 4 is 28.3 Å². The number of nitro benzene ring substituents is 1. The molecule has 0 heterocycles. The second-order valence-electron chi connectivity index (χ2n) is 3.22. The van der Waals surface area contributed by atoms with E-state index in [2.05, 4.69) is 0 Å². The van der Waals surface area contributed by atoms with E-state index >= 15 is 0 Å². The lowest BCUT2D eigenvalue weighted by atomic mass is 10.2. The summed E-state index contributed by atoms with van der Waals surface area (Å²) in [5.41, 5.74) is 5.20. The highest BCUT2D eigenvalue weighted by Crippen LogP contribution is 2.33. The Morgan fingerprint density at radius 2 is 2.22 bits per heavy atom. The predicted molar refractivity (Wildman–Crippen MR) is 69.6 cm³/mol. The summed E-state index contributed by atoms with van der Waals surface area (Å²) in [6, 6.07) is 5.29. The van der Waals surface area contributed by atoms with Gasteiger partial charge in [-0.05, 0) is 28.7 Å². The SMILES string of the molecule is N#Cc1cc(I)c(OCC(N)C#N)c([N+](=O)[O-])c1. The van der Waals surface area contributed by atoms with Gasteiger partial charge in [-0.15, -0.1) is 0 Å². The van der Waals surface area contributed by atoms with Crippen LogP contribution < -0.4 is 10.5 Å². The average Bonchev–Trinajstić information content (AvgIpc) is 2.35. The Morgan fingerprint density at radius 1 is 1.56 bits per heavy atom. The Kier molecular flexibility index (Phi) is 4.83. The largest absolute Gasteiger partial charge is 0.483 e. The third kappa shape index (κ3) is 3.29. The first-order chi connectivity index (χ1) is 8.49. The van der Waals surface area contributed by atoms with Gasteiger partial charge in [-0.1, -0.05) is 0 Å². The summed E-state index contributed by atoms with van der Waals surface area (Å²) in [7, 11) is 0. The van der Waals surface area contributed by atoms with Crippen LogP contribution in [0.2, 0.25) is 0 Å².